The van der Waals surface area contributed by atoms with E-state index >= 15 is 0 Å². The summed E-state index contributed by atoms with van der Waals surface area (Å²) in [6.07, 6.45) is 1.52. The van der Waals surface area contributed by atoms with Crippen molar-refractivity contribution >= 4 is 40.3 Å². The summed E-state index contributed by atoms with van der Waals surface area (Å²) in [6.45, 7) is 7.32. The number of ether oxygens (including phenoxy) is 1. The van der Waals surface area contributed by atoms with Crippen molar-refractivity contribution in [2.75, 3.05) is 0 Å². The summed E-state index contributed by atoms with van der Waals surface area (Å²) in [5, 5.41) is 21.3. The number of nitrogens with zero attached hydrogens (tertiary/aromatic N) is 1. The maximum Gasteiger partial charge on any atom is 0.408 e. The van der Waals surface area contributed by atoms with Gasteiger partial charge in [-0.25, -0.2) is 14.0 Å². The first-order valence-corrected chi connectivity index (χ1v) is 12.0. The van der Waals surface area contributed by atoms with E-state index in [9.17, 15) is 23.9 Å². The third kappa shape index (κ3) is 4.91. The van der Waals surface area contributed by atoms with Crippen LogP contribution in [0.15, 0.2) is 23.1 Å². The summed E-state index contributed by atoms with van der Waals surface area (Å²) in [6, 6.07) is 2.37. The van der Waals surface area contributed by atoms with E-state index in [1.54, 1.807) is 20.8 Å². The zero-order valence-corrected chi connectivity index (χ0v) is 20.8. The van der Waals surface area contributed by atoms with E-state index in [0.29, 0.717) is 12.0 Å². The highest BCUT2D eigenvalue weighted by atomic mass is 35.5. The van der Waals surface area contributed by atoms with E-state index in [1.165, 1.54) is 16.7 Å². The van der Waals surface area contributed by atoms with Gasteiger partial charge in [0, 0.05) is 34.8 Å². The molecule has 1 aromatic heterocycles. The Morgan fingerprint density at radius 2 is 1.97 bits per heavy atom. The molecule has 0 saturated heterocycles. The average molecular weight is 506 g/mol. The smallest absolute Gasteiger partial charge is 0.408 e. The van der Waals surface area contributed by atoms with E-state index in [4.69, 9.17) is 21.7 Å². The first-order chi connectivity index (χ1) is 16.2. The highest BCUT2D eigenvalue weighted by Crippen LogP contribution is 2.45. The Bertz CT molecular complexity index is 1290. The number of carbonyl (C=O) groups excluding carboxylic acids is 1. The number of alkyl carbamates (subject to hydrolysis) is 1. The van der Waals surface area contributed by atoms with Crippen LogP contribution in [-0.4, -0.2) is 44.8 Å². The van der Waals surface area contributed by atoms with Gasteiger partial charge in [0.05, 0.1) is 16.6 Å². The molecule has 0 radical (unpaired) electrons. The first-order valence-electron chi connectivity index (χ1n) is 11.6. The van der Waals surface area contributed by atoms with Gasteiger partial charge in [0.25, 0.3) is 0 Å². The SMILES string of the molecule is C[C@H](CC(=N)c1ccc2c(=O)c(C(=O)O)cn([C@H]3C[C@H]3F)c2c1Cl)C1(NC(=O)OC(C)(C)C)CC1. The molecule has 0 bridgehead atoms. The minimum absolute atomic E-state index is 0.0730. The number of pyridine rings is 1. The van der Waals surface area contributed by atoms with Gasteiger partial charge < -0.3 is 25.1 Å². The van der Waals surface area contributed by atoms with Gasteiger partial charge in [-0.3, -0.25) is 4.79 Å². The molecule has 0 spiro atoms. The fourth-order valence-electron chi connectivity index (χ4n) is 4.49. The second kappa shape index (κ2) is 8.62. The van der Waals surface area contributed by atoms with Crippen LogP contribution in [0.1, 0.15) is 75.3 Å². The monoisotopic (exact) mass is 505 g/mol. The van der Waals surface area contributed by atoms with E-state index in [2.05, 4.69) is 5.32 Å². The summed E-state index contributed by atoms with van der Waals surface area (Å²) in [4.78, 5) is 36.6. The molecule has 2 aromatic rings. The molecule has 2 fully saturated rings. The van der Waals surface area contributed by atoms with Gasteiger partial charge in [-0.15, -0.1) is 0 Å². The number of alkyl halides is 1. The molecule has 0 aliphatic heterocycles. The second-order valence-electron chi connectivity index (χ2n) is 10.6. The van der Waals surface area contributed by atoms with Crippen LogP contribution < -0.4 is 10.7 Å². The maximum atomic E-state index is 14.0. The van der Waals surface area contributed by atoms with Crippen LogP contribution in [0, 0.1) is 11.3 Å². The van der Waals surface area contributed by atoms with Gasteiger partial charge in [-0.2, -0.15) is 0 Å². The lowest BCUT2D eigenvalue weighted by Crippen LogP contribution is -2.44. The molecule has 2 saturated carbocycles. The van der Waals surface area contributed by atoms with Crippen molar-refractivity contribution in [2.24, 2.45) is 5.92 Å². The van der Waals surface area contributed by atoms with Crippen LogP contribution in [0.4, 0.5) is 9.18 Å². The Morgan fingerprint density at radius 3 is 2.49 bits per heavy atom. The van der Waals surface area contributed by atoms with E-state index in [-0.39, 0.29) is 34.0 Å². The van der Waals surface area contributed by atoms with Crippen LogP contribution in [0.5, 0.6) is 0 Å². The molecule has 2 aliphatic rings. The zero-order chi connectivity index (χ0) is 25.9. The summed E-state index contributed by atoms with van der Waals surface area (Å²) in [5.41, 5.74) is -1.42. The molecule has 8 nitrogen and oxygen atoms in total. The van der Waals surface area contributed by atoms with Crippen molar-refractivity contribution in [3.63, 3.8) is 0 Å². The molecule has 3 atom stereocenters. The van der Waals surface area contributed by atoms with Crippen molar-refractivity contribution < 1.29 is 23.8 Å². The lowest BCUT2D eigenvalue weighted by Gasteiger charge is -2.27. The fourth-order valence-corrected chi connectivity index (χ4v) is 4.86. The zero-order valence-electron chi connectivity index (χ0n) is 20.1. The summed E-state index contributed by atoms with van der Waals surface area (Å²) < 4.78 is 20.7. The lowest BCUT2D eigenvalue weighted by molar-refractivity contribution is 0.0477. The largest absolute Gasteiger partial charge is 0.477 e. The maximum absolute atomic E-state index is 14.0. The molecule has 1 heterocycles. The molecule has 35 heavy (non-hydrogen) atoms. The average Bonchev–Trinajstić information content (AvgIpc) is 3.65. The van der Waals surface area contributed by atoms with Gasteiger partial charge in [-0.05, 0) is 52.0 Å². The number of hydrogen-bond acceptors (Lipinski definition) is 5. The van der Waals surface area contributed by atoms with Crippen LogP contribution in [0.2, 0.25) is 5.02 Å². The molecular formula is C25H29ClFN3O5. The number of halogens is 2. The van der Waals surface area contributed by atoms with Gasteiger partial charge in [-0.1, -0.05) is 24.6 Å². The number of amides is 1. The Morgan fingerprint density at radius 1 is 1.34 bits per heavy atom. The Kier molecular flexibility index (Phi) is 6.20. The van der Waals surface area contributed by atoms with Gasteiger partial charge in [0.15, 0.2) is 0 Å². The molecule has 1 amide bonds. The van der Waals surface area contributed by atoms with Crippen LogP contribution in [-0.2, 0) is 4.74 Å². The minimum Gasteiger partial charge on any atom is -0.477 e. The number of rotatable bonds is 7. The number of carbonyl (C=O) groups is 2. The normalized spacial score (nSPS) is 21.3. The fraction of sp³-hybridized carbons (Fsp3) is 0.520. The van der Waals surface area contributed by atoms with Crippen LogP contribution >= 0.6 is 11.6 Å². The number of benzene rings is 1. The molecule has 0 unspecified atom stereocenters. The molecule has 1 aromatic carbocycles. The van der Waals surface area contributed by atoms with Crippen LogP contribution in [0.3, 0.4) is 0 Å². The molecule has 2 aliphatic carbocycles. The van der Waals surface area contributed by atoms with Gasteiger partial charge >= 0.3 is 12.1 Å². The Hall–Kier alpha value is -2.94. The van der Waals surface area contributed by atoms with E-state index in [1.807, 2.05) is 6.92 Å². The van der Waals surface area contributed by atoms with Crippen molar-refractivity contribution in [1.82, 2.24) is 9.88 Å². The lowest BCUT2D eigenvalue weighted by atomic mass is 9.90. The second-order valence-corrected chi connectivity index (χ2v) is 11.0. The highest BCUT2D eigenvalue weighted by molar-refractivity contribution is 6.38. The van der Waals surface area contributed by atoms with Crippen molar-refractivity contribution in [1.29, 1.82) is 5.41 Å². The van der Waals surface area contributed by atoms with E-state index in [0.717, 1.165) is 19.0 Å². The third-order valence-electron chi connectivity index (χ3n) is 6.72. The molecule has 3 N–H and O–H groups in total. The third-order valence-corrected chi connectivity index (χ3v) is 7.10. The molecule has 188 valence electrons. The predicted octanol–water partition coefficient (Wildman–Crippen LogP) is 5.09. The summed E-state index contributed by atoms with van der Waals surface area (Å²) >= 11 is 6.68. The number of carboxylic acids is 1. The van der Waals surface area contributed by atoms with Crippen LogP contribution in [0.25, 0.3) is 10.9 Å². The van der Waals surface area contributed by atoms with E-state index < -0.39 is 46.4 Å². The first kappa shape index (κ1) is 25.2. The molecule has 4 rings (SSSR count). The standard InChI is InChI=1S/C25H29ClFN3O5/c1-12(25(7-8-25)29-23(34)35-24(2,3)4)9-17(28)13-5-6-14-20(19(13)26)30(18-10-16(18)27)11-15(21(14)31)22(32)33/h5-6,11-12,16,18,28H,7-10H2,1-4H3,(H,29,34)(H,32,33)/t12-,16-,18+/m1/s1. The van der Waals surface area contributed by atoms with Gasteiger partial charge in [0.1, 0.15) is 17.3 Å². The summed E-state index contributed by atoms with van der Waals surface area (Å²) in [7, 11) is 0. The Labute approximate surface area is 206 Å². The topological polar surface area (TPSA) is 121 Å². The minimum atomic E-state index is -1.39. The molecular weight excluding hydrogens is 477 g/mol. The number of aromatic nitrogens is 1. The Balaban J connectivity index is 1.63. The van der Waals surface area contributed by atoms with Crippen molar-refractivity contribution in [3.8, 4) is 0 Å². The number of aromatic carboxylic acids is 1. The molecule has 10 heteroatoms. The van der Waals surface area contributed by atoms with Gasteiger partial charge in [0.2, 0.25) is 5.43 Å². The number of hydrogen-bond donors (Lipinski definition) is 3. The quantitative estimate of drug-likeness (QED) is 0.452. The number of fused-ring (bicyclic) bond motifs is 1. The number of nitrogens with one attached hydrogen (secondary N) is 2. The van der Waals surface area contributed by atoms with Crippen molar-refractivity contribution in [3.05, 3.63) is 44.7 Å². The summed E-state index contributed by atoms with van der Waals surface area (Å²) in [5.74, 6) is -1.49. The number of carboxylic acid groups (broad SMARTS) is 1. The van der Waals surface area contributed by atoms with Crippen molar-refractivity contribution in [2.45, 2.75) is 76.7 Å². The predicted molar refractivity (Wildman–Crippen MR) is 131 cm³/mol. The highest BCUT2D eigenvalue weighted by Gasteiger charge is 2.49.